The van der Waals surface area contributed by atoms with Crippen LogP contribution in [0.25, 0.3) is 10.9 Å². The molecule has 6 nitrogen and oxygen atoms in total. The molecule has 0 radical (unpaired) electrons. The standard InChI is InChI=1S/C27H26F3N5O/c28-27(29,30)20-8-10-21(11-9-20)34(25-7-3-4-14-31-25)18-17-33-15-12-22(13-16-33)35-19-32-24-6-2-1-5-23(24)26(35)36/h1-11,14,19,22H,12-13,15-18H2. The lowest BCUT2D eigenvalue weighted by Crippen LogP contribution is -2.41. The van der Waals surface area contributed by atoms with Gasteiger partial charge in [0, 0.05) is 44.1 Å². The third-order valence-electron chi connectivity index (χ3n) is 6.71. The molecule has 0 saturated carbocycles. The number of halogens is 3. The Morgan fingerprint density at radius 1 is 0.917 bits per heavy atom. The molecular formula is C27H26F3N5O. The highest BCUT2D eigenvalue weighted by Gasteiger charge is 2.30. The number of pyridine rings is 1. The second-order valence-corrected chi connectivity index (χ2v) is 8.93. The van der Waals surface area contributed by atoms with Crippen LogP contribution in [0.5, 0.6) is 0 Å². The number of piperidine rings is 1. The van der Waals surface area contributed by atoms with Crippen LogP contribution in [-0.4, -0.2) is 45.6 Å². The van der Waals surface area contributed by atoms with E-state index in [-0.39, 0.29) is 11.6 Å². The number of anilines is 2. The number of aromatic nitrogens is 3. The Hall–Kier alpha value is -3.72. The van der Waals surface area contributed by atoms with Gasteiger partial charge in [-0.15, -0.1) is 0 Å². The minimum Gasteiger partial charge on any atom is -0.325 e. The summed E-state index contributed by atoms with van der Waals surface area (Å²) in [5.74, 6) is 0.681. The molecule has 1 aliphatic rings. The Labute approximate surface area is 206 Å². The van der Waals surface area contributed by atoms with Gasteiger partial charge in [0.15, 0.2) is 0 Å². The molecule has 36 heavy (non-hydrogen) atoms. The maximum absolute atomic E-state index is 13.0. The van der Waals surface area contributed by atoms with Crippen molar-refractivity contribution in [2.45, 2.75) is 25.1 Å². The Kier molecular flexibility index (Phi) is 6.73. The van der Waals surface area contributed by atoms with E-state index in [1.54, 1.807) is 17.1 Å². The Morgan fingerprint density at radius 2 is 1.64 bits per heavy atom. The highest BCUT2D eigenvalue weighted by molar-refractivity contribution is 5.76. The van der Waals surface area contributed by atoms with Crippen LogP contribution in [-0.2, 0) is 6.18 Å². The SMILES string of the molecule is O=c1c2ccccc2ncn1C1CCN(CCN(c2ccc(C(F)(F)F)cc2)c2ccccn2)CC1. The van der Waals surface area contributed by atoms with Crippen LogP contribution in [0.3, 0.4) is 0 Å². The van der Waals surface area contributed by atoms with E-state index in [2.05, 4.69) is 14.9 Å². The van der Waals surface area contributed by atoms with E-state index in [0.29, 0.717) is 29.0 Å². The quantitative estimate of drug-likeness (QED) is 0.366. The van der Waals surface area contributed by atoms with Crippen molar-refractivity contribution in [1.82, 2.24) is 19.4 Å². The lowest BCUT2D eigenvalue weighted by molar-refractivity contribution is -0.137. The van der Waals surface area contributed by atoms with E-state index >= 15 is 0 Å². The second kappa shape index (κ2) is 10.1. The van der Waals surface area contributed by atoms with Crippen molar-refractivity contribution in [3.8, 4) is 0 Å². The van der Waals surface area contributed by atoms with E-state index < -0.39 is 11.7 Å². The van der Waals surface area contributed by atoms with Crippen molar-refractivity contribution >= 4 is 22.4 Å². The Bertz CT molecular complexity index is 1360. The summed E-state index contributed by atoms with van der Waals surface area (Å²) in [6.07, 6.45) is 0.598. The highest BCUT2D eigenvalue weighted by Crippen LogP contribution is 2.32. The number of fused-ring (bicyclic) bond motifs is 1. The maximum atomic E-state index is 13.0. The minimum atomic E-state index is -4.37. The van der Waals surface area contributed by atoms with Crippen LogP contribution < -0.4 is 10.5 Å². The molecule has 0 amide bonds. The van der Waals surface area contributed by atoms with Gasteiger partial charge in [-0.25, -0.2) is 9.97 Å². The fraction of sp³-hybridized carbons (Fsp3) is 0.296. The molecule has 0 bridgehead atoms. The summed E-state index contributed by atoms with van der Waals surface area (Å²) in [4.78, 5) is 26.1. The summed E-state index contributed by atoms with van der Waals surface area (Å²) in [5.41, 5.74) is 0.676. The van der Waals surface area contributed by atoms with E-state index in [1.807, 2.05) is 47.4 Å². The van der Waals surface area contributed by atoms with Gasteiger partial charge in [0.05, 0.1) is 22.8 Å². The normalized spacial score (nSPS) is 15.3. The molecule has 0 aliphatic carbocycles. The van der Waals surface area contributed by atoms with Gasteiger partial charge in [-0.2, -0.15) is 13.2 Å². The summed E-state index contributed by atoms with van der Waals surface area (Å²) in [6.45, 7) is 2.92. The molecular weight excluding hydrogens is 467 g/mol. The summed E-state index contributed by atoms with van der Waals surface area (Å²) >= 11 is 0. The molecule has 5 rings (SSSR count). The number of likely N-dealkylation sites (tertiary alicyclic amines) is 1. The lowest BCUT2D eigenvalue weighted by Gasteiger charge is -2.34. The zero-order chi connectivity index (χ0) is 25.1. The van der Waals surface area contributed by atoms with Crippen LogP contribution in [0.1, 0.15) is 24.4 Å². The van der Waals surface area contributed by atoms with Crippen molar-refractivity contribution < 1.29 is 13.2 Å². The molecule has 0 unspecified atom stereocenters. The van der Waals surface area contributed by atoms with Gasteiger partial charge >= 0.3 is 6.18 Å². The van der Waals surface area contributed by atoms with Crippen LogP contribution in [0.2, 0.25) is 0 Å². The number of para-hydroxylation sites is 1. The van der Waals surface area contributed by atoms with Gasteiger partial charge < -0.3 is 9.80 Å². The van der Waals surface area contributed by atoms with Gasteiger partial charge in [0.2, 0.25) is 0 Å². The molecule has 1 saturated heterocycles. The van der Waals surface area contributed by atoms with Gasteiger partial charge in [-0.05, 0) is 61.4 Å². The van der Waals surface area contributed by atoms with Crippen LogP contribution in [0, 0.1) is 0 Å². The zero-order valence-corrected chi connectivity index (χ0v) is 19.6. The highest BCUT2D eigenvalue weighted by atomic mass is 19.4. The first-order chi connectivity index (χ1) is 17.4. The third kappa shape index (κ3) is 5.11. The number of rotatable bonds is 6. The molecule has 186 valence electrons. The molecule has 9 heteroatoms. The van der Waals surface area contributed by atoms with E-state index in [9.17, 15) is 18.0 Å². The van der Waals surface area contributed by atoms with Gasteiger partial charge in [0.25, 0.3) is 5.56 Å². The first-order valence-corrected chi connectivity index (χ1v) is 11.9. The number of hydrogen-bond donors (Lipinski definition) is 0. The fourth-order valence-electron chi connectivity index (χ4n) is 4.73. The fourth-order valence-corrected chi connectivity index (χ4v) is 4.73. The largest absolute Gasteiger partial charge is 0.416 e. The first-order valence-electron chi connectivity index (χ1n) is 11.9. The predicted octanol–water partition coefficient (Wildman–Crippen LogP) is 5.29. The molecule has 4 aromatic rings. The molecule has 3 heterocycles. The summed E-state index contributed by atoms with van der Waals surface area (Å²) < 4.78 is 40.9. The Balaban J connectivity index is 1.26. The van der Waals surface area contributed by atoms with Crippen molar-refractivity contribution in [1.29, 1.82) is 0 Å². The summed E-state index contributed by atoms with van der Waals surface area (Å²) in [6, 6.07) is 18.2. The maximum Gasteiger partial charge on any atom is 0.416 e. The summed E-state index contributed by atoms with van der Waals surface area (Å²) in [7, 11) is 0. The summed E-state index contributed by atoms with van der Waals surface area (Å²) in [5, 5.41) is 0.630. The number of alkyl halides is 3. The van der Waals surface area contributed by atoms with Crippen LogP contribution in [0.4, 0.5) is 24.7 Å². The smallest absolute Gasteiger partial charge is 0.325 e. The van der Waals surface area contributed by atoms with Gasteiger partial charge in [0.1, 0.15) is 5.82 Å². The number of benzene rings is 2. The minimum absolute atomic E-state index is 0.0114. The van der Waals surface area contributed by atoms with Crippen LogP contribution in [0.15, 0.2) is 84.0 Å². The molecule has 1 aliphatic heterocycles. The zero-order valence-electron chi connectivity index (χ0n) is 19.6. The second-order valence-electron chi connectivity index (χ2n) is 8.93. The van der Waals surface area contributed by atoms with Crippen molar-refractivity contribution in [3.63, 3.8) is 0 Å². The Morgan fingerprint density at radius 3 is 2.33 bits per heavy atom. The van der Waals surface area contributed by atoms with E-state index in [0.717, 1.165) is 44.6 Å². The van der Waals surface area contributed by atoms with Crippen molar-refractivity contribution in [3.05, 3.63) is 95.2 Å². The number of nitrogens with zero attached hydrogens (tertiary/aromatic N) is 5. The molecule has 0 atom stereocenters. The van der Waals surface area contributed by atoms with Crippen LogP contribution >= 0.6 is 0 Å². The number of hydrogen-bond acceptors (Lipinski definition) is 5. The van der Waals surface area contributed by atoms with Crippen molar-refractivity contribution in [2.75, 3.05) is 31.1 Å². The predicted molar refractivity (Wildman–Crippen MR) is 133 cm³/mol. The average molecular weight is 494 g/mol. The molecule has 2 aromatic heterocycles. The lowest BCUT2D eigenvalue weighted by atomic mass is 10.0. The van der Waals surface area contributed by atoms with Gasteiger partial charge in [-0.3, -0.25) is 9.36 Å². The monoisotopic (exact) mass is 493 g/mol. The van der Waals surface area contributed by atoms with E-state index in [4.69, 9.17) is 0 Å². The molecule has 1 fully saturated rings. The molecule has 0 spiro atoms. The van der Waals surface area contributed by atoms with E-state index in [1.165, 1.54) is 12.1 Å². The molecule has 0 N–H and O–H groups in total. The third-order valence-corrected chi connectivity index (χ3v) is 6.71. The van der Waals surface area contributed by atoms with Crippen molar-refractivity contribution in [2.24, 2.45) is 0 Å². The average Bonchev–Trinajstić information content (AvgIpc) is 2.90. The topological polar surface area (TPSA) is 54.3 Å². The first kappa shape index (κ1) is 24.0. The van der Waals surface area contributed by atoms with Gasteiger partial charge in [-0.1, -0.05) is 18.2 Å². The molecule has 2 aromatic carbocycles.